The normalized spacial score (nSPS) is 12.8. The highest BCUT2D eigenvalue weighted by atomic mass is 16.5. The number of carbonyl (C=O) groups excluding carboxylic acids is 1. The quantitative estimate of drug-likeness (QED) is 0.458. The van der Waals surface area contributed by atoms with Gasteiger partial charge in [-0.3, -0.25) is 4.79 Å². The Morgan fingerprint density at radius 1 is 1.13 bits per heavy atom. The summed E-state index contributed by atoms with van der Waals surface area (Å²) in [5.41, 5.74) is 2.74. The lowest BCUT2D eigenvalue weighted by atomic mass is 9.90. The van der Waals surface area contributed by atoms with Crippen LogP contribution in [-0.4, -0.2) is 17.5 Å². The van der Waals surface area contributed by atoms with Gasteiger partial charge in [-0.05, 0) is 67.1 Å². The second-order valence-corrected chi connectivity index (χ2v) is 9.07. The zero-order valence-corrected chi connectivity index (χ0v) is 18.6. The number of furan rings is 1. The van der Waals surface area contributed by atoms with Crippen LogP contribution in [0, 0.1) is 12.3 Å². The van der Waals surface area contributed by atoms with Crippen LogP contribution in [0.3, 0.4) is 0 Å². The van der Waals surface area contributed by atoms with Crippen molar-refractivity contribution in [1.29, 1.82) is 0 Å². The van der Waals surface area contributed by atoms with E-state index in [1.54, 1.807) is 18.2 Å². The minimum absolute atomic E-state index is 0.0940. The lowest BCUT2D eigenvalue weighted by Crippen LogP contribution is -2.26. The van der Waals surface area contributed by atoms with Crippen LogP contribution in [0.25, 0.3) is 11.0 Å². The molecule has 0 saturated heterocycles. The van der Waals surface area contributed by atoms with Crippen LogP contribution >= 0.6 is 0 Å². The molecule has 0 spiro atoms. The molecule has 0 aliphatic carbocycles. The summed E-state index contributed by atoms with van der Waals surface area (Å²) in [4.78, 5) is 12.1. The molecule has 160 valence electrons. The Hall–Kier alpha value is -2.75. The van der Waals surface area contributed by atoms with Gasteiger partial charge in [0.2, 0.25) is 0 Å². The third-order valence-corrected chi connectivity index (χ3v) is 5.65. The number of ketones is 1. The van der Waals surface area contributed by atoms with Gasteiger partial charge in [0.15, 0.2) is 5.78 Å². The van der Waals surface area contributed by atoms with E-state index in [1.165, 1.54) is 5.56 Å². The standard InChI is InChI=1S/C26H32O4/c1-6-18(7-10-22-15-20-14-21(27)9-12-24(20)30-22)19-8-11-23(17(2)13-19)29-16-25(28)26(3,4)5/h8-9,11-15,18,27H,6-7,10,16H2,1-5H3. The zero-order chi connectivity index (χ0) is 21.9. The molecule has 3 rings (SSSR count). The van der Waals surface area contributed by atoms with Crippen molar-refractivity contribution in [1.82, 2.24) is 0 Å². The van der Waals surface area contributed by atoms with Gasteiger partial charge < -0.3 is 14.3 Å². The minimum atomic E-state index is -0.392. The van der Waals surface area contributed by atoms with Crippen LogP contribution < -0.4 is 4.74 Å². The van der Waals surface area contributed by atoms with Crippen molar-refractivity contribution in [2.75, 3.05) is 6.61 Å². The first-order valence-corrected chi connectivity index (χ1v) is 10.7. The molecule has 1 unspecified atom stereocenters. The number of benzene rings is 2. The summed E-state index contributed by atoms with van der Waals surface area (Å²) < 4.78 is 11.7. The molecule has 1 heterocycles. The van der Waals surface area contributed by atoms with E-state index >= 15 is 0 Å². The van der Waals surface area contributed by atoms with Crippen LogP contribution in [0.5, 0.6) is 11.5 Å². The monoisotopic (exact) mass is 408 g/mol. The van der Waals surface area contributed by atoms with E-state index in [1.807, 2.05) is 39.8 Å². The van der Waals surface area contributed by atoms with Gasteiger partial charge in [0.25, 0.3) is 0 Å². The molecule has 0 saturated carbocycles. The van der Waals surface area contributed by atoms with Crippen molar-refractivity contribution < 1.29 is 19.1 Å². The summed E-state index contributed by atoms with van der Waals surface area (Å²) in [5.74, 6) is 2.46. The summed E-state index contributed by atoms with van der Waals surface area (Å²) >= 11 is 0. The molecule has 0 aliphatic heterocycles. The Labute approximate surface area is 178 Å². The molecule has 0 amide bonds. The number of hydrogen-bond donors (Lipinski definition) is 1. The van der Waals surface area contributed by atoms with Crippen LogP contribution in [0.4, 0.5) is 0 Å². The molecule has 4 heteroatoms. The van der Waals surface area contributed by atoms with E-state index in [-0.39, 0.29) is 18.1 Å². The van der Waals surface area contributed by atoms with E-state index in [4.69, 9.17) is 9.15 Å². The molecule has 3 aromatic rings. The third kappa shape index (κ3) is 5.24. The first kappa shape index (κ1) is 21.9. The third-order valence-electron chi connectivity index (χ3n) is 5.65. The fraction of sp³-hybridized carbons (Fsp3) is 0.423. The molecule has 1 aromatic heterocycles. The number of fused-ring (bicyclic) bond motifs is 1. The van der Waals surface area contributed by atoms with Crippen molar-refractivity contribution in [3.8, 4) is 11.5 Å². The Kier molecular flexibility index (Phi) is 6.55. The summed E-state index contributed by atoms with van der Waals surface area (Å²) in [6.45, 7) is 10.0. The number of phenols is 1. The number of aromatic hydroxyl groups is 1. The highest BCUT2D eigenvalue weighted by Crippen LogP contribution is 2.31. The Morgan fingerprint density at radius 2 is 1.90 bits per heavy atom. The second kappa shape index (κ2) is 8.95. The molecular weight excluding hydrogens is 376 g/mol. The van der Waals surface area contributed by atoms with Crippen LogP contribution in [0.1, 0.15) is 63.3 Å². The number of Topliss-reactive ketones (excluding diaryl/α,β-unsaturated/α-hetero) is 1. The first-order valence-electron chi connectivity index (χ1n) is 10.7. The Morgan fingerprint density at radius 3 is 2.57 bits per heavy atom. The SMILES string of the molecule is CCC(CCc1cc2cc(O)ccc2o1)c1ccc(OCC(=O)C(C)(C)C)c(C)c1. The van der Waals surface area contributed by atoms with E-state index in [9.17, 15) is 9.90 Å². The molecular formula is C26H32O4. The number of ether oxygens (including phenoxy) is 1. The topological polar surface area (TPSA) is 59.7 Å². The molecule has 0 aliphatic rings. The smallest absolute Gasteiger partial charge is 0.175 e. The molecule has 0 radical (unpaired) electrons. The predicted octanol–water partition coefficient (Wildman–Crippen LogP) is 6.57. The Balaban J connectivity index is 1.65. The number of aryl methyl sites for hydroxylation is 2. The van der Waals surface area contributed by atoms with Gasteiger partial charge in [-0.2, -0.15) is 0 Å². The van der Waals surface area contributed by atoms with Crippen molar-refractivity contribution in [2.24, 2.45) is 5.41 Å². The molecule has 2 aromatic carbocycles. The maximum absolute atomic E-state index is 12.1. The largest absolute Gasteiger partial charge is 0.508 e. The highest BCUT2D eigenvalue weighted by molar-refractivity contribution is 5.85. The van der Waals surface area contributed by atoms with Crippen molar-refractivity contribution in [2.45, 2.75) is 59.8 Å². The number of phenolic OH excluding ortho intramolecular Hbond substituents is 1. The maximum atomic E-state index is 12.1. The molecule has 4 nitrogen and oxygen atoms in total. The second-order valence-electron chi connectivity index (χ2n) is 9.07. The van der Waals surface area contributed by atoms with Crippen LogP contribution in [0.15, 0.2) is 46.9 Å². The number of carbonyl (C=O) groups is 1. The van der Waals surface area contributed by atoms with Crippen molar-refractivity contribution >= 4 is 16.8 Å². The fourth-order valence-electron chi connectivity index (χ4n) is 3.58. The van der Waals surface area contributed by atoms with Crippen LogP contribution in [0.2, 0.25) is 0 Å². The lowest BCUT2D eigenvalue weighted by molar-refractivity contribution is -0.128. The summed E-state index contributed by atoms with van der Waals surface area (Å²) in [6.07, 6.45) is 2.85. The van der Waals surface area contributed by atoms with E-state index in [0.717, 1.165) is 47.3 Å². The van der Waals surface area contributed by atoms with E-state index in [2.05, 4.69) is 19.1 Å². The van der Waals surface area contributed by atoms with Gasteiger partial charge in [0.05, 0.1) is 0 Å². The van der Waals surface area contributed by atoms with Crippen molar-refractivity contribution in [3.05, 3.63) is 59.4 Å². The van der Waals surface area contributed by atoms with Crippen molar-refractivity contribution in [3.63, 3.8) is 0 Å². The molecule has 30 heavy (non-hydrogen) atoms. The number of hydrogen-bond acceptors (Lipinski definition) is 4. The van der Waals surface area contributed by atoms with E-state index in [0.29, 0.717) is 5.92 Å². The zero-order valence-electron chi connectivity index (χ0n) is 18.6. The highest BCUT2D eigenvalue weighted by Gasteiger charge is 2.22. The molecule has 1 atom stereocenters. The van der Waals surface area contributed by atoms with Gasteiger partial charge in [0.1, 0.15) is 29.4 Å². The van der Waals surface area contributed by atoms with E-state index < -0.39 is 5.41 Å². The fourth-order valence-corrected chi connectivity index (χ4v) is 3.58. The van der Waals surface area contributed by atoms with Gasteiger partial charge in [-0.1, -0.05) is 39.8 Å². The summed E-state index contributed by atoms with van der Waals surface area (Å²) in [6, 6.07) is 13.4. The van der Waals surface area contributed by atoms with Gasteiger partial charge in [-0.25, -0.2) is 0 Å². The minimum Gasteiger partial charge on any atom is -0.508 e. The summed E-state index contributed by atoms with van der Waals surface area (Å²) in [7, 11) is 0. The first-order chi connectivity index (χ1) is 14.2. The average molecular weight is 409 g/mol. The summed E-state index contributed by atoms with van der Waals surface area (Å²) in [5, 5.41) is 10.6. The lowest BCUT2D eigenvalue weighted by Gasteiger charge is -2.19. The van der Waals surface area contributed by atoms with Gasteiger partial charge in [-0.15, -0.1) is 0 Å². The number of rotatable bonds is 8. The Bertz CT molecular complexity index is 1020. The van der Waals surface area contributed by atoms with Gasteiger partial charge in [0, 0.05) is 17.2 Å². The molecule has 0 bridgehead atoms. The molecule has 0 fully saturated rings. The van der Waals surface area contributed by atoms with Gasteiger partial charge >= 0.3 is 0 Å². The maximum Gasteiger partial charge on any atom is 0.175 e. The van der Waals surface area contributed by atoms with Crippen LogP contribution in [-0.2, 0) is 11.2 Å². The molecule has 1 N–H and O–H groups in total. The predicted molar refractivity (Wildman–Crippen MR) is 120 cm³/mol. The average Bonchev–Trinajstić information content (AvgIpc) is 3.08.